The lowest BCUT2D eigenvalue weighted by molar-refractivity contribution is 0.503. The molecule has 0 aliphatic carbocycles. The summed E-state index contributed by atoms with van der Waals surface area (Å²) in [6, 6.07) is 7.41. The molecule has 0 saturated heterocycles. The Morgan fingerprint density at radius 3 is 2.74 bits per heavy atom. The van der Waals surface area contributed by atoms with Gasteiger partial charge >= 0.3 is 0 Å². The van der Waals surface area contributed by atoms with Crippen molar-refractivity contribution in [3.8, 4) is 0 Å². The number of aromatic nitrogens is 1. The molecule has 0 aliphatic heterocycles. The largest absolute Gasteiger partial charge is 0.314 e. The molecule has 102 valence electrons. The van der Waals surface area contributed by atoms with Crippen molar-refractivity contribution in [3.05, 3.63) is 52.2 Å². The lowest BCUT2D eigenvalue weighted by Gasteiger charge is -2.19. The van der Waals surface area contributed by atoms with Gasteiger partial charge in [-0.1, -0.05) is 32.0 Å². The highest BCUT2D eigenvalue weighted by atomic mass is 32.1. The van der Waals surface area contributed by atoms with E-state index >= 15 is 0 Å². The van der Waals surface area contributed by atoms with Crippen LogP contribution in [0.15, 0.2) is 35.2 Å². The molecular weight excluding hydrogens is 259 g/mol. The van der Waals surface area contributed by atoms with Gasteiger partial charge in [0.25, 0.3) is 0 Å². The minimum absolute atomic E-state index is 0.116. The van der Waals surface area contributed by atoms with Crippen LogP contribution >= 0.6 is 11.3 Å². The summed E-state index contributed by atoms with van der Waals surface area (Å²) in [6.07, 6.45) is 0.768. The number of hydrogen-bond donors (Lipinski definition) is 1. The van der Waals surface area contributed by atoms with Crippen molar-refractivity contribution in [1.82, 2.24) is 10.3 Å². The van der Waals surface area contributed by atoms with Crippen molar-refractivity contribution in [2.24, 2.45) is 0 Å². The van der Waals surface area contributed by atoms with Gasteiger partial charge in [0.1, 0.15) is 5.82 Å². The lowest BCUT2D eigenvalue weighted by atomic mass is 9.93. The van der Waals surface area contributed by atoms with Crippen LogP contribution in [0.4, 0.5) is 4.39 Å². The van der Waals surface area contributed by atoms with Gasteiger partial charge in [0.2, 0.25) is 0 Å². The van der Waals surface area contributed by atoms with Gasteiger partial charge < -0.3 is 5.32 Å². The summed E-state index contributed by atoms with van der Waals surface area (Å²) in [5.41, 5.74) is 3.62. The summed E-state index contributed by atoms with van der Waals surface area (Å²) in [6.45, 7) is 4.96. The van der Waals surface area contributed by atoms with Gasteiger partial charge in [-0.25, -0.2) is 9.37 Å². The van der Waals surface area contributed by atoms with E-state index in [0.717, 1.165) is 24.2 Å². The zero-order valence-corrected chi connectivity index (χ0v) is 12.1. The molecule has 1 heterocycles. The minimum atomic E-state index is -0.131. The molecule has 1 aromatic heterocycles. The molecule has 1 N–H and O–H groups in total. The number of rotatable bonds is 6. The third-order valence-corrected chi connectivity index (χ3v) is 3.69. The van der Waals surface area contributed by atoms with Gasteiger partial charge in [-0.2, -0.15) is 0 Å². The van der Waals surface area contributed by atoms with E-state index in [4.69, 9.17) is 0 Å². The number of benzene rings is 1. The fourth-order valence-corrected chi connectivity index (χ4v) is 2.64. The van der Waals surface area contributed by atoms with Gasteiger partial charge in [-0.3, -0.25) is 0 Å². The second kappa shape index (κ2) is 6.78. The SMILES string of the molecule is CC(C)NCC(Cc1cscn1)c1ccccc1F. The van der Waals surface area contributed by atoms with E-state index in [1.165, 1.54) is 6.07 Å². The highest BCUT2D eigenvalue weighted by Crippen LogP contribution is 2.23. The molecule has 1 aromatic carbocycles. The van der Waals surface area contributed by atoms with Gasteiger partial charge in [0, 0.05) is 23.9 Å². The summed E-state index contributed by atoms with van der Waals surface area (Å²) in [5, 5.41) is 5.42. The van der Waals surface area contributed by atoms with Crippen LogP contribution in [0, 0.1) is 5.82 Å². The molecule has 2 nitrogen and oxygen atoms in total. The predicted octanol–water partition coefficient (Wildman–Crippen LogP) is 3.61. The molecule has 19 heavy (non-hydrogen) atoms. The molecule has 0 aliphatic rings. The summed E-state index contributed by atoms with van der Waals surface area (Å²) in [5.74, 6) is -0.0148. The first-order valence-corrected chi connectivity index (χ1v) is 7.46. The molecule has 0 spiro atoms. The van der Waals surface area contributed by atoms with Crippen molar-refractivity contribution in [2.45, 2.75) is 32.2 Å². The van der Waals surface area contributed by atoms with Crippen LogP contribution < -0.4 is 5.32 Å². The fraction of sp³-hybridized carbons (Fsp3) is 0.400. The third kappa shape index (κ3) is 4.11. The Hall–Kier alpha value is -1.26. The summed E-state index contributed by atoms with van der Waals surface area (Å²) < 4.78 is 13.9. The van der Waals surface area contributed by atoms with E-state index in [0.29, 0.717) is 6.04 Å². The summed E-state index contributed by atoms with van der Waals surface area (Å²) >= 11 is 1.58. The molecule has 0 radical (unpaired) electrons. The second-order valence-corrected chi connectivity index (χ2v) is 5.68. The van der Waals surface area contributed by atoms with E-state index in [2.05, 4.69) is 24.1 Å². The van der Waals surface area contributed by atoms with Gasteiger partial charge in [-0.15, -0.1) is 11.3 Å². The van der Waals surface area contributed by atoms with E-state index in [1.54, 1.807) is 17.4 Å². The number of hydrogen-bond acceptors (Lipinski definition) is 3. The molecule has 2 rings (SSSR count). The average Bonchev–Trinajstić information content (AvgIpc) is 2.88. The molecule has 1 unspecified atom stereocenters. The standard InChI is InChI=1S/C15H19FN2S/c1-11(2)17-8-12(7-13-9-19-10-18-13)14-5-3-4-6-15(14)16/h3-6,9-12,17H,7-8H2,1-2H3. The maximum atomic E-state index is 13.9. The number of thiazole rings is 1. The molecule has 0 fully saturated rings. The van der Waals surface area contributed by atoms with Gasteiger partial charge in [-0.05, 0) is 18.1 Å². The monoisotopic (exact) mass is 278 g/mol. The van der Waals surface area contributed by atoms with E-state index in [9.17, 15) is 4.39 Å². The van der Waals surface area contributed by atoms with E-state index < -0.39 is 0 Å². The van der Waals surface area contributed by atoms with Gasteiger partial charge in [0.15, 0.2) is 0 Å². The molecular formula is C15H19FN2S. The molecule has 0 amide bonds. The normalized spacial score (nSPS) is 12.8. The molecule has 1 atom stereocenters. The topological polar surface area (TPSA) is 24.9 Å². The van der Waals surface area contributed by atoms with Crippen molar-refractivity contribution >= 4 is 11.3 Å². The molecule has 0 saturated carbocycles. The van der Waals surface area contributed by atoms with Crippen LogP contribution in [0.5, 0.6) is 0 Å². The van der Waals surface area contributed by atoms with Crippen molar-refractivity contribution in [1.29, 1.82) is 0 Å². The minimum Gasteiger partial charge on any atom is -0.314 e. The Kier molecular flexibility index (Phi) is 5.05. The Balaban J connectivity index is 2.16. The number of nitrogens with zero attached hydrogens (tertiary/aromatic N) is 1. The first-order chi connectivity index (χ1) is 9.16. The first-order valence-electron chi connectivity index (χ1n) is 6.51. The Bertz CT molecular complexity index is 497. The van der Waals surface area contributed by atoms with Crippen molar-refractivity contribution in [3.63, 3.8) is 0 Å². The van der Waals surface area contributed by atoms with Crippen LogP contribution in [-0.4, -0.2) is 17.6 Å². The second-order valence-electron chi connectivity index (χ2n) is 4.97. The summed E-state index contributed by atoms with van der Waals surface area (Å²) in [7, 11) is 0. The van der Waals surface area contributed by atoms with Crippen molar-refractivity contribution < 1.29 is 4.39 Å². The van der Waals surface area contributed by atoms with E-state index in [1.807, 2.05) is 23.0 Å². The Morgan fingerprint density at radius 1 is 1.32 bits per heavy atom. The van der Waals surface area contributed by atoms with Crippen LogP contribution in [0.2, 0.25) is 0 Å². The zero-order chi connectivity index (χ0) is 13.7. The molecule has 0 bridgehead atoms. The van der Waals surface area contributed by atoms with Crippen LogP contribution in [0.25, 0.3) is 0 Å². The fourth-order valence-electron chi connectivity index (χ4n) is 2.07. The Labute approximate surface area is 117 Å². The van der Waals surface area contributed by atoms with Crippen LogP contribution in [0.3, 0.4) is 0 Å². The van der Waals surface area contributed by atoms with Crippen LogP contribution in [-0.2, 0) is 6.42 Å². The maximum absolute atomic E-state index is 13.9. The predicted molar refractivity (Wildman–Crippen MR) is 78.1 cm³/mol. The number of halogens is 1. The molecule has 4 heteroatoms. The van der Waals surface area contributed by atoms with E-state index in [-0.39, 0.29) is 11.7 Å². The highest BCUT2D eigenvalue weighted by molar-refractivity contribution is 7.07. The third-order valence-electron chi connectivity index (χ3n) is 3.06. The van der Waals surface area contributed by atoms with Crippen LogP contribution in [0.1, 0.15) is 31.0 Å². The zero-order valence-electron chi connectivity index (χ0n) is 11.3. The molecule has 2 aromatic rings. The number of nitrogens with one attached hydrogen (secondary N) is 1. The highest BCUT2D eigenvalue weighted by Gasteiger charge is 2.17. The smallest absolute Gasteiger partial charge is 0.126 e. The average molecular weight is 278 g/mol. The van der Waals surface area contributed by atoms with Gasteiger partial charge in [0.05, 0.1) is 11.2 Å². The lowest BCUT2D eigenvalue weighted by Crippen LogP contribution is -2.29. The quantitative estimate of drug-likeness (QED) is 0.873. The van der Waals surface area contributed by atoms with Crippen molar-refractivity contribution in [2.75, 3.05) is 6.54 Å². The first kappa shape index (κ1) is 14.2. The summed E-state index contributed by atoms with van der Waals surface area (Å²) in [4.78, 5) is 4.31. The Morgan fingerprint density at radius 2 is 2.11 bits per heavy atom. The maximum Gasteiger partial charge on any atom is 0.126 e.